The van der Waals surface area contributed by atoms with Gasteiger partial charge in [-0.2, -0.15) is 0 Å². The van der Waals surface area contributed by atoms with Crippen LogP contribution in [0.15, 0.2) is 70.8 Å². The SMILES string of the molecule is CSc1ncc2c(=O)n3n(c2n1)-c1cccc(n1)[C@](C)(OCc1cccc(N)c1)CC/C=C\C3. The quantitative estimate of drug-likeness (QED) is 0.206. The van der Waals surface area contributed by atoms with Crippen LogP contribution in [0.1, 0.15) is 31.0 Å². The molecule has 0 spiro atoms. The van der Waals surface area contributed by atoms with Crippen LogP contribution in [0.25, 0.3) is 16.9 Å². The summed E-state index contributed by atoms with van der Waals surface area (Å²) < 4.78 is 9.93. The van der Waals surface area contributed by atoms with E-state index < -0.39 is 5.60 Å². The van der Waals surface area contributed by atoms with Crippen molar-refractivity contribution in [3.63, 3.8) is 0 Å². The van der Waals surface area contributed by atoms with E-state index in [1.807, 2.05) is 54.8 Å². The summed E-state index contributed by atoms with van der Waals surface area (Å²) >= 11 is 1.43. The molecule has 5 rings (SSSR count). The lowest BCUT2D eigenvalue weighted by Crippen LogP contribution is -2.28. The van der Waals surface area contributed by atoms with Crippen molar-refractivity contribution in [2.45, 2.75) is 43.7 Å². The molecule has 4 heterocycles. The van der Waals surface area contributed by atoms with Crippen LogP contribution in [0.5, 0.6) is 0 Å². The summed E-state index contributed by atoms with van der Waals surface area (Å²) in [5, 5.41) is 1.07. The highest BCUT2D eigenvalue weighted by molar-refractivity contribution is 7.98. The number of hydrogen-bond acceptors (Lipinski definition) is 7. The second-order valence-electron chi connectivity index (χ2n) is 8.45. The van der Waals surface area contributed by atoms with Gasteiger partial charge in [0.1, 0.15) is 11.0 Å². The number of aromatic nitrogens is 5. The van der Waals surface area contributed by atoms with Gasteiger partial charge in [0.05, 0.1) is 18.8 Å². The molecule has 0 amide bonds. The summed E-state index contributed by atoms with van der Waals surface area (Å²) in [6.07, 6.45) is 9.13. The smallest absolute Gasteiger partial charge is 0.278 e. The van der Waals surface area contributed by atoms with Gasteiger partial charge in [-0.3, -0.25) is 4.79 Å². The summed E-state index contributed by atoms with van der Waals surface area (Å²) in [6, 6.07) is 13.5. The van der Waals surface area contributed by atoms with E-state index in [1.165, 1.54) is 11.8 Å². The molecule has 34 heavy (non-hydrogen) atoms. The molecule has 0 fully saturated rings. The van der Waals surface area contributed by atoms with Gasteiger partial charge in [0.15, 0.2) is 16.6 Å². The molecule has 1 aliphatic rings. The Morgan fingerprint density at radius 1 is 1.18 bits per heavy atom. The van der Waals surface area contributed by atoms with E-state index in [9.17, 15) is 4.79 Å². The fourth-order valence-corrected chi connectivity index (χ4v) is 4.53. The molecule has 2 N–H and O–H groups in total. The summed E-state index contributed by atoms with van der Waals surface area (Å²) in [4.78, 5) is 27.1. The number of thioether (sulfide) groups is 1. The summed E-state index contributed by atoms with van der Waals surface area (Å²) in [6.45, 7) is 2.89. The second kappa shape index (κ2) is 9.08. The molecule has 1 atom stereocenters. The average molecular weight is 475 g/mol. The van der Waals surface area contributed by atoms with Gasteiger partial charge < -0.3 is 10.5 Å². The number of benzene rings is 1. The van der Waals surface area contributed by atoms with Crippen molar-refractivity contribution in [1.82, 2.24) is 24.3 Å². The van der Waals surface area contributed by atoms with Crippen molar-refractivity contribution >= 4 is 28.5 Å². The van der Waals surface area contributed by atoms with Crippen LogP contribution in [0.2, 0.25) is 0 Å². The lowest BCUT2D eigenvalue weighted by molar-refractivity contribution is -0.0566. The molecule has 9 heteroatoms. The molecule has 0 saturated heterocycles. The highest BCUT2D eigenvalue weighted by Gasteiger charge is 2.30. The third-order valence-electron chi connectivity index (χ3n) is 6.07. The molecule has 1 aromatic carbocycles. The zero-order valence-electron chi connectivity index (χ0n) is 19.1. The predicted octanol–water partition coefficient (Wildman–Crippen LogP) is 4.06. The van der Waals surface area contributed by atoms with Gasteiger partial charge in [-0.05, 0) is 55.9 Å². The van der Waals surface area contributed by atoms with Crippen molar-refractivity contribution in [3.8, 4) is 5.82 Å². The van der Waals surface area contributed by atoms with Gasteiger partial charge in [0, 0.05) is 11.9 Å². The molecule has 174 valence electrons. The van der Waals surface area contributed by atoms with Gasteiger partial charge in [0.25, 0.3) is 5.56 Å². The largest absolute Gasteiger partial charge is 0.399 e. The number of nitrogens with zero attached hydrogens (tertiary/aromatic N) is 5. The Labute approximate surface area is 201 Å². The average Bonchev–Trinajstić information content (AvgIpc) is 3.12. The third kappa shape index (κ3) is 4.12. The van der Waals surface area contributed by atoms with Crippen molar-refractivity contribution in [2.24, 2.45) is 0 Å². The Morgan fingerprint density at radius 3 is 2.85 bits per heavy atom. The lowest BCUT2D eigenvalue weighted by Gasteiger charge is -2.30. The Kier molecular flexibility index (Phi) is 5.97. The minimum absolute atomic E-state index is 0.139. The molecule has 8 nitrogen and oxygen atoms in total. The maximum absolute atomic E-state index is 13.2. The van der Waals surface area contributed by atoms with E-state index >= 15 is 0 Å². The number of hydrogen-bond donors (Lipinski definition) is 1. The van der Waals surface area contributed by atoms with Crippen molar-refractivity contribution in [3.05, 3.63) is 82.4 Å². The number of nitrogens with two attached hydrogens (primary N) is 1. The molecule has 4 aromatic rings. The maximum atomic E-state index is 13.2. The second-order valence-corrected chi connectivity index (χ2v) is 9.22. The summed E-state index contributed by atoms with van der Waals surface area (Å²) in [5.41, 5.74) is 8.23. The van der Waals surface area contributed by atoms with Crippen LogP contribution in [0.4, 0.5) is 5.69 Å². The van der Waals surface area contributed by atoms with Crippen molar-refractivity contribution < 1.29 is 4.74 Å². The standard InChI is InChI=1S/C25H26N6O2S/c1-25(33-16-17-8-6-9-18(26)14-17)12-4-3-5-13-30-23(32)19-15-27-24(34-2)29-22(19)31(30)21-11-7-10-20(25)28-21/h3,5-11,14-15H,4,12-13,16,26H2,1-2H3/b5-3-/t25-/m1/s1. The molecule has 0 aliphatic carbocycles. The molecule has 0 unspecified atom stereocenters. The summed E-state index contributed by atoms with van der Waals surface area (Å²) in [7, 11) is 0. The number of rotatable bonds is 4. The van der Waals surface area contributed by atoms with Crippen LogP contribution in [0.3, 0.4) is 0 Å². The van der Waals surface area contributed by atoms with Crippen molar-refractivity contribution in [2.75, 3.05) is 12.0 Å². The fraction of sp³-hybridized carbons (Fsp3) is 0.280. The third-order valence-corrected chi connectivity index (χ3v) is 6.63. The zero-order chi connectivity index (χ0) is 23.7. The van der Waals surface area contributed by atoms with E-state index in [2.05, 4.69) is 23.0 Å². The van der Waals surface area contributed by atoms with Crippen LogP contribution in [-0.2, 0) is 23.5 Å². The lowest BCUT2D eigenvalue weighted by atomic mass is 9.94. The monoisotopic (exact) mass is 474 g/mol. The van der Waals surface area contributed by atoms with Gasteiger partial charge in [-0.25, -0.2) is 24.3 Å². The first-order chi connectivity index (χ1) is 16.5. The van der Waals surface area contributed by atoms with Crippen molar-refractivity contribution in [1.29, 1.82) is 0 Å². The number of anilines is 1. The molecular weight excluding hydrogens is 448 g/mol. The van der Waals surface area contributed by atoms with Crippen LogP contribution >= 0.6 is 11.8 Å². The van der Waals surface area contributed by atoms with Gasteiger partial charge in [0.2, 0.25) is 0 Å². The Bertz CT molecular complexity index is 1440. The first-order valence-electron chi connectivity index (χ1n) is 11.1. The van der Waals surface area contributed by atoms with Gasteiger partial charge >= 0.3 is 0 Å². The van der Waals surface area contributed by atoms with E-state index in [4.69, 9.17) is 15.5 Å². The zero-order valence-corrected chi connectivity index (χ0v) is 20.0. The Balaban J connectivity index is 1.63. The van der Waals surface area contributed by atoms with E-state index in [0.717, 1.165) is 24.1 Å². The first-order valence-corrected chi connectivity index (χ1v) is 12.3. The van der Waals surface area contributed by atoms with E-state index in [0.29, 0.717) is 40.8 Å². The molecule has 0 radical (unpaired) electrons. The van der Waals surface area contributed by atoms with Crippen LogP contribution in [0, 0.1) is 0 Å². The minimum atomic E-state index is -0.636. The van der Waals surface area contributed by atoms with E-state index in [1.54, 1.807) is 15.6 Å². The highest BCUT2D eigenvalue weighted by Crippen LogP contribution is 2.32. The number of allylic oxidation sites excluding steroid dienone is 2. The minimum Gasteiger partial charge on any atom is -0.399 e. The van der Waals surface area contributed by atoms with Gasteiger partial charge in [-0.1, -0.05) is 42.1 Å². The molecule has 0 saturated carbocycles. The first kappa shape index (κ1) is 22.4. The number of pyridine rings is 1. The van der Waals surface area contributed by atoms with E-state index in [-0.39, 0.29) is 5.56 Å². The molecule has 1 aliphatic heterocycles. The Morgan fingerprint density at radius 2 is 2.03 bits per heavy atom. The fourth-order valence-electron chi connectivity index (χ4n) is 4.20. The van der Waals surface area contributed by atoms with Gasteiger partial charge in [-0.15, -0.1) is 0 Å². The Hall–Kier alpha value is -3.43. The number of nitrogen functional groups attached to an aromatic ring is 1. The normalized spacial score (nSPS) is 18.9. The number of fused-ring (bicyclic) bond motifs is 6. The van der Waals surface area contributed by atoms with Crippen LogP contribution in [-0.4, -0.2) is 30.6 Å². The summed E-state index contributed by atoms with van der Waals surface area (Å²) in [5.74, 6) is 0.615. The molecular formula is C25H26N6O2S. The maximum Gasteiger partial charge on any atom is 0.278 e. The predicted molar refractivity (Wildman–Crippen MR) is 134 cm³/mol. The topological polar surface area (TPSA) is 101 Å². The molecule has 2 bridgehead atoms. The number of ether oxygens (including phenoxy) is 1. The van der Waals surface area contributed by atoms with Crippen LogP contribution < -0.4 is 11.3 Å². The molecule has 3 aromatic heterocycles. The highest BCUT2D eigenvalue weighted by atomic mass is 32.2.